The maximum absolute atomic E-state index is 5.29. The third kappa shape index (κ3) is 5.29. The molecule has 24 heavy (non-hydrogen) atoms. The lowest BCUT2D eigenvalue weighted by atomic mass is 10.2. The summed E-state index contributed by atoms with van der Waals surface area (Å²) in [5.74, 6) is 2.70. The average Bonchev–Trinajstić information content (AvgIpc) is 3.06. The van der Waals surface area contributed by atoms with Gasteiger partial charge in [-0.3, -0.25) is 4.99 Å². The lowest BCUT2D eigenvalue weighted by molar-refractivity contribution is 0.355. The van der Waals surface area contributed by atoms with E-state index < -0.39 is 0 Å². The molecule has 0 aliphatic carbocycles. The van der Waals surface area contributed by atoms with Crippen molar-refractivity contribution >= 4 is 35.6 Å². The number of benzene rings is 1. The molecule has 1 heterocycles. The molecule has 0 amide bonds. The van der Waals surface area contributed by atoms with E-state index in [1.807, 2.05) is 31.2 Å². The fourth-order valence-corrected chi connectivity index (χ4v) is 2.01. The second-order valence-electron chi connectivity index (χ2n) is 4.76. The average molecular weight is 446 g/mol. The molecular weight excluding hydrogens is 423 g/mol. The van der Waals surface area contributed by atoms with Gasteiger partial charge in [0.05, 0.1) is 26.5 Å². The van der Waals surface area contributed by atoms with E-state index in [9.17, 15) is 0 Å². The summed E-state index contributed by atoms with van der Waals surface area (Å²) >= 11 is 0. The second-order valence-corrected chi connectivity index (χ2v) is 4.76. The van der Waals surface area contributed by atoms with E-state index in [1.54, 1.807) is 21.3 Å². The number of aryl methyl sites for hydroxylation is 1. The molecular formula is C16H23IN4O3. The van der Waals surface area contributed by atoms with Crippen LogP contribution in [-0.2, 0) is 13.0 Å². The summed E-state index contributed by atoms with van der Waals surface area (Å²) in [5, 5.41) is 10.3. The standard InChI is InChI=1S/C16H22N4O3.HI/c1-5-11-8-13(23-20-11)10-18-16(17-2)19-12-6-7-14(21-3)15(9-12)22-4;/h6-9H,5,10H2,1-4H3,(H2,17,18,19);1H. The summed E-state index contributed by atoms with van der Waals surface area (Å²) in [7, 11) is 4.91. The van der Waals surface area contributed by atoms with E-state index in [0.717, 1.165) is 23.6 Å². The zero-order valence-corrected chi connectivity index (χ0v) is 16.6. The fraction of sp³-hybridized carbons (Fsp3) is 0.375. The Morgan fingerprint density at radius 2 is 1.96 bits per heavy atom. The molecule has 2 aromatic rings. The van der Waals surface area contributed by atoms with Gasteiger partial charge in [0.2, 0.25) is 0 Å². The van der Waals surface area contributed by atoms with Crippen LogP contribution in [-0.4, -0.2) is 32.4 Å². The van der Waals surface area contributed by atoms with Gasteiger partial charge in [0.15, 0.2) is 23.2 Å². The van der Waals surface area contributed by atoms with E-state index in [-0.39, 0.29) is 24.0 Å². The number of hydrogen-bond donors (Lipinski definition) is 2. The lowest BCUT2D eigenvalue weighted by Crippen LogP contribution is -2.30. The second kappa shape index (κ2) is 10.0. The third-order valence-electron chi connectivity index (χ3n) is 3.27. The van der Waals surface area contributed by atoms with Crippen molar-refractivity contribution < 1.29 is 14.0 Å². The summed E-state index contributed by atoms with van der Waals surface area (Å²) in [6.07, 6.45) is 0.849. The minimum absolute atomic E-state index is 0. The van der Waals surface area contributed by atoms with Crippen LogP contribution in [0.5, 0.6) is 11.5 Å². The molecule has 0 aliphatic rings. The minimum Gasteiger partial charge on any atom is -0.493 e. The number of methoxy groups -OCH3 is 2. The van der Waals surface area contributed by atoms with E-state index >= 15 is 0 Å². The van der Waals surface area contributed by atoms with Crippen molar-refractivity contribution in [3.63, 3.8) is 0 Å². The van der Waals surface area contributed by atoms with Crippen molar-refractivity contribution in [2.24, 2.45) is 4.99 Å². The van der Waals surface area contributed by atoms with Gasteiger partial charge in [-0.25, -0.2) is 0 Å². The zero-order valence-electron chi connectivity index (χ0n) is 14.3. The number of hydrogen-bond acceptors (Lipinski definition) is 5. The van der Waals surface area contributed by atoms with Crippen molar-refractivity contribution in [1.82, 2.24) is 10.5 Å². The van der Waals surface area contributed by atoms with Crippen LogP contribution in [0.2, 0.25) is 0 Å². The van der Waals surface area contributed by atoms with Crippen molar-refractivity contribution in [3.8, 4) is 11.5 Å². The minimum atomic E-state index is 0. The highest BCUT2D eigenvalue weighted by Gasteiger charge is 2.07. The number of halogens is 1. The Kier molecular flexibility index (Phi) is 8.37. The first-order valence-corrected chi connectivity index (χ1v) is 7.34. The summed E-state index contributed by atoms with van der Waals surface area (Å²) < 4.78 is 15.7. The summed E-state index contributed by atoms with van der Waals surface area (Å²) in [6, 6.07) is 7.49. The van der Waals surface area contributed by atoms with Gasteiger partial charge in [-0.2, -0.15) is 0 Å². The topological polar surface area (TPSA) is 80.9 Å². The maximum Gasteiger partial charge on any atom is 0.195 e. The number of aliphatic imine (C=N–C) groups is 1. The first kappa shape index (κ1) is 20.1. The highest BCUT2D eigenvalue weighted by molar-refractivity contribution is 14.0. The molecule has 1 aromatic carbocycles. The smallest absolute Gasteiger partial charge is 0.195 e. The molecule has 0 bridgehead atoms. The Balaban J connectivity index is 0.00000288. The molecule has 0 aliphatic heterocycles. The first-order chi connectivity index (χ1) is 11.2. The van der Waals surface area contributed by atoms with Crippen LogP contribution in [0.3, 0.4) is 0 Å². The van der Waals surface area contributed by atoms with Gasteiger partial charge < -0.3 is 24.6 Å². The highest BCUT2D eigenvalue weighted by atomic mass is 127. The maximum atomic E-state index is 5.29. The number of nitrogens with one attached hydrogen (secondary N) is 2. The van der Waals surface area contributed by atoms with Crippen molar-refractivity contribution in [3.05, 3.63) is 35.7 Å². The number of anilines is 1. The van der Waals surface area contributed by atoms with Crippen LogP contribution in [0, 0.1) is 0 Å². The summed E-state index contributed by atoms with van der Waals surface area (Å²) in [6.45, 7) is 2.53. The normalized spacial score (nSPS) is 10.8. The first-order valence-electron chi connectivity index (χ1n) is 7.34. The molecule has 0 spiro atoms. The Hall–Kier alpha value is -1.97. The fourth-order valence-electron chi connectivity index (χ4n) is 2.01. The van der Waals surface area contributed by atoms with Crippen molar-refractivity contribution in [2.75, 3.05) is 26.6 Å². The summed E-state index contributed by atoms with van der Waals surface area (Å²) in [4.78, 5) is 4.18. The Labute approximate surface area is 158 Å². The number of rotatable bonds is 6. The van der Waals surface area contributed by atoms with Gasteiger partial charge in [-0.15, -0.1) is 24.0 Å². The van der Waals surface area contributed by atoms with E-state index in [4.69, 9.17) is 14.0 Å². The number of nitrogens with zero attached hydrogens (tertiary/aromatic N) is 2. The molecule has 1 aromatic heterocycles. The Morgan fingerprint density at radius 3 is 2.54 bits per heavy atom. The predicted octanol–water partition coefficient (Wildman–Crippen LogP) is 3.06. The molecule has 0 atom stereocenters. The van der Waals surface area contributed by atoms with Crippen LogP contribution in [0.4, 0.5) is 5.69 Å². The zero-order chi connectivity index (χ0) is 16.7. The van der Waals surface area contributed by atoms with E-state index in [2.05, 4.69) is 20.8 Å². The van der Waals surface area contributed by atoms with E-state index in [0.29, 0.717) is 24.0 Å². The van der Waals surface area contributed by atoms with E-state index in [1.165, 1.54) is 0 Å². The van der Waals surface area contributed by atoms with Crippen LogP contribution < -0.4 is 20.1 Å². The molecule has 0 radical (unpaired) electrons. The number of ether oxygens (including phenoxy) is 2. The largest absolute Gasteiger partial charge is 0.493 e. The van der Waals surface area contributed by atoms with Crippen LogP contribution in [0.25, 0.3) is 0 Å². The lowest BCUT2D eigenvalue weighted by Gasteiger charge is -2.13. The molecule has 132 valence electrons. The van der Waals surface area contributed by atoms with Gasteiger partial charge in [-0.05, 0) is 18.6 Å². The van der Waals surface area contributed by atoms with Crippen molar-refractivity contribution in [1.29, 1.82) is 0 Å². The molecule has 0 saturated carbocycles. The van der Waals surface area contributed by atoms with Gasteiger partial charge in [-0.1, -0.05) is 12.1 Å². The summed E-state index contributed by atoms with van der Waals surface area (Å²) in [5.41, 5.74) is 1.77. The Bertz CT molecular complexity index is 673. The van der Waals surface area contributed by atoms with Gasteiger partial charge in [0.1, 0.15) is 0 Å². The predicted molar refractivity (Wildman–Crippen MR) is 105 cm³/mol. The Morgan fingerprint density at radius 1 is 1.21 bits per heavy atom. The van der Waals surface area contributed by atoms with Crippen molar-refractivity contribution in [2.45, 2.75) is 19.9 Å². The molecule has 0 unspecified atom stereocenters. The molecule has 0 saturated heterocycles. The SMILES string of the molecule is CCc1cc(CNC(=NC)Nc2ccc(OC)c(OC)c2)on1.I. The quantitative estimate of drug-likeness (QED) is 0.404. The van der Waals surface area contributed by atoms with Crippen LogP contribution in [0.15, 0.2) is 33.8 Å². The monoisotopic (exact) mass is 446 g/mol. The van der Waals surface area contributed by atoms with Gasteiger partial charge >= 0.3 is 0 Å². The number of guanidine groups is 1. The van der Waals surface area contributed by atoms with Gasteiger partial charge in [0, 0.05) is 24.9 Å². The molecule has 8 heteroatoms. The van der Waals surface area contributed by atoms with Crippen LogP contribution in [0.1, 0.15) is 18.4 Å². The van der Waals surface area contributed by atoms with Crippen LogP contribution >= 0.6 is 24.0 Å². The molecule has 2 N–H and O–H groups in total. The highest BCUT2D eigenvalue weighted by Crippen LogP contribution is 2.29. The molecule has 7 nitrogen and oxygen atoms in total. The molecule has 2 rings (SSSR count). The molecule has 0 fully saturated rings. The van der Waals surface area contributed by atoms with Gasteiger partial charge in [0.25, 0.3) is 0 Å². The number of aromatic nitrogens is 1. The third-order valence-corrected chi connectivity index (χ3v) is 3.27.